The van der Waals surface area contributed by atoms with Crippen LogP contribution in [0.3, 0.4) is 0 Å². The summed E-state index contributed by atoms with van der Waals surface area (Å²) in [4.78, 5) is 0. The Morgan fingerprint density at radius 2 is 1.44 bits per heavy atom. The van der Waals surface area contributed by atoms with Crippen molar-refractivity contribution < 1.29 is 4.74 Å². The van der Waals surface area contributed by atoms with Crippen LogP contribution < -0.4 is 0 Å². The van der Waals surface area contributed by atoms with Crippen LogP contribution in [0.2, 0.25) is 0 Å². The van der Waals surface area contributed by atoms with Crippen LogP contribution in [0.25, 0.3) is 0 Å². The normalized spacial score (nSPS) is 25.3. The second kappa shape index (κ2) is 19.0. The van der Waals surface area contributed by atoms with Gasteiger partial charge in [-0.25, -0.2) is 0 Å². The molecule has 0 N–H and O–H groups in total. The zero-order valence-corrected chi connectivity index (χ0v) is 14.4. The van der Waals surface area contributed by atoms with E-state index < -0.39 is 0 Å². The Morgan fingerprint density at radius 3 is 1.78 bits per heavy atom. The minimum absolute atomic E-state index is 0.475. The van der Waals surface area contributed by atoms with Crippen molar-refractivity contribution in [3.63, 3.8) is 0 Å². The maximum Gasteiger partial charge on any atom is 0.0638 e. The topological polar surface area (TPSA) is 9.23 Å². The molecule has 0 aromatic carbocycles. The van der Waals surface area contributed by atoms with Crippen LogP contribution in [0.15, 0.2) is 12.2 Å². The number of hydrogen-bond acceptors (Lipinski definition) is 1. The molecule has 0 bridgehead atoms. The minimum Gasteiger partial charge on any atom is -0.377 e. The van der Waals surface area contributed by atoms with E-state index in [-0.39, 0.29) is 0 Å². The molecule has 1 rings (SSSR count). The minimum atomic E-state index is 0.475. The fourth-order valence-electron chi connectivity index (χ4n) is 1.63. The van der Waals surface area contributed by atoms with Crippen LogP contribution in [0, 0.1) is 11.8 Å². The van der Waals surface area contributed by atoms with Crippen LogP contribution in [0.4, 0.5) is 0 Å². The first-order chi connectivity index (χ1) is 8.75. The average molecular weight is 258 g/mol. The zero-order chi connectivity index (χ0) is 15.0. The molecule has 1 aliphatic rings. The Bertz CT molecular complexity index is 152. The molecule has 0 amide bonds. The monoisotopic (exact) mass is 258 g/mol. The summed E-state index contributed by atoms with van der Waals surface area (Å²) in [7, 11) is 0. The van der Waals surface area contributed by atoms with Crippen molar-refractivity contribution in [2.75, 3.05) is 6.61 Å². The Labute approximate surface area is 117 Å². The molecule has 1 aliphatic heterocycles. The van der Waals surface area contributed by atoms with Gasteiger partial charge in [-0.3, -0.25) is 0 Å². The quantitative estimate of drug-likeness (QED) is 0.556. The summed E-state index contributed by atoms with van der Waals surface area (Å²) >= 11 is 0. The zero-order valence-electron chi connectivity index (χ0n) is 14.4. The molecule has 3 unspecified atom stereocenters. The van der Waals surface area contributed by atoms with Crippen LogP contribution in [0.1, 0.15) is 75.2 Å². The predicted octanol–water partition coefficient (Wildman–Crippen LogP) is 6.09. The highest BCUT2D eigenvalue weighted by molar-refractivity contribution is 4.88. The molecule has 1 heteroatoms. The molecular weight excluding hydrogens is 220 g/mol. The molecule has 18 heavy (non-hydrogen) atoms. The molecular formula is C17H38O. The Balaban J connectivity index is -0.000000328. The van der Waals surface area contributed by atoms with Crippen LogP contribution in [-0.2, 0) is 4.74 Å². The van der Waals surface area contributed by atoms with Gasteiger partial charge in [-0.2, -0.15) is 0 Å². The standard InChI is InChI=1S/C11H20O.3C2H6/c1-4-5-6-7-11-10(3)9(2)8-12-11;3*1-2/h5-6,9-11H,4,7-8H2,1-3H3;3*1-2H3. The first kappa shape index (κ1) is 22.8. The largest absolute Gasteiger partial charge is 0.377 e. The predicted molar refractivity (Wildman–Crippen MR) is 86.2 cm³/mol. The number of allylic oxidation sites excluding steroid dienone is 1. The molecule has 1 fully saturated rings. The first-order valence-corrected chi connectivity index (χ1v) is 8.02. The van der Waals surface area contributed by atoms with Crippen LogP contribution in [0.5, 0.6) is 0 Å². The average Bonchev–Trinajstić information content (AvgIpc) is 2.78. The Morgan fingerprint density at radius 1 is 0.944 bits per heavy atom. The molecule has 0 radical (unpaired) electrons. The van der Waals surface area contributed by atoms with Gasteiger partial charge in [0.1, 0.15) is 0 Å². The summed E-state index contributed by atoms with van der Waals surface area (Å²) in [5, 5.41) is 0. The van der Waals surface area contributed by atoms with Gasteiger partial charge in [0.25, 0.3) is 0 Å². The van der Waals surface area contributed by atoms with Crippen LogP contribution in [-0.4, -0.2) is 12.7 Å². The second-order valence-corrected chi connectivity index (χ2v) is 3.82. The van der Waals surface area contributed by atoms with Gasteiger partial charge in [0.15, 0.2) is 0 Å². The van der Waals surface area contributed by atoms with Gasteiger partial charge in [-0.15, -0.1) is 0 Å². The van der Waals surface area contributed by atoms with Crippen molar-refractivity contribution in [2.24, 2.45) is 11.8 Å². The van der Waals surface area contributed by atoms with Gasteiger partial charge in [0.05, 0.1) is 6.10 Å². The summed E-state index contributed by atoms with van der Waals surface area (Å²) in [6.45, 7) is 19.7. The second-order valence-electron chi connectivity index (χ2n) is 3.82. The van der Waals surface area contributed by atoms with Gasteiger partial charge in [-0.1, -0.05) is 74.5 Å². The lowest BCUT2D eigenvalue weighted by molar-refractivity contribution is 0.0957. The van der Waals surface area contributed by atoms with E-state index in [0.717, 1.165) is 31.3 Å². The number of ether oxygens (including phenoxy) is 1. The molecule has 1 saturated heterocycles. The van der Waals surface area contributed by atoms with Crippen molar-refractivity contribution in [1.29, 1.82) is 0 Å². The fraction of sp³-hybridized carbons (Fsp3) is 0.882. The fourth-order valence-corrected chi connectivity index (χ4v) is 1.63. The van der Waals surface area contributed by atoms with E-state index in [4.69, 9.17) is 4.74 Å². The third-order valence-corrected chi connectivity index (χ3v) is 2.83. The highest BCUT2D eigenvalue weighted by Gasteiger charge is 2.29. The van der Waals surface area contributed by atoms with Gasteiger partial charge >= 0.3 is 0 Å². The molecule has 0 aromatic rings. The van der Waals surface area contributed by atoms with E-state index in [2.05, 4.69) is 32.9 Å². The lowest BCUT2D eigenvalue weighted by Gasteiger charge is -2.13. The van der Waals surface area contributed by atoms with Crippen LogP contribution >= 0.6 is 0 Å². The maximum atomic E-state index is 5.67. The highest BCUT2D eigenvalue weighted by Crippen LogP contribution is 2.28. The number of hydrogen-bond donors (Lipinski definition) is 0. The van der Waals surface area contributed by atoms with Crippen molar-refractivity contribution in [3.05, 3.63) is 12.2 Å². The molecule has 0 spiro atoms. The summed E-state index contributed by atoms with van der Waals surface area (Å²) in [5.41, 5.74) is 0. The van der Waals surface area contributed by atoms with E-state index in [9.17, 15) is 0 Å². The third kappa shape index (κ3) is 10.8. The molecule has 112 valence electrons. The van der Waals surface area contributed by atoms with Gasteiger partial charge < -0.3 is 4.74 Å². The molecule has 0 aliphatic carbocycles. The third-order valence-electron chi connectivity index (χ3n) is 2.83. The van der Waals surface area contributed by atoms with E-state index in [1.807, 2.05) is 41.5 Å². The summed E-state index contributed by atoms with van der Waals surface area (Å²) < 4.78 is 5.67. The van der Waals surface area contributed by atoms with E-state index in [1.165, 1.54) is 0 Å². The van der Waals surface area contributed by atoms with Crippen molar-refractivity contribution >= 4 is 0 Å². The smallest absolute Gasteiger partial charge is 0.0638 e. The molecule has 0 saturated carbocycles. The van der Waals surface area contributed by atoms with Crippen molar-refractivity contribution in [2.45, 2.75) is 81.3 Å². The lowest BCUT2D eigenvalue weighted by atomic mass is 9.93. The summed E-state index contributed by atoms with van der Waals surface area (Å²) in [6.07, 6.45) is 7.18. The van der Waals surface area contributed by atoms with Crippen molar-refractivity contribution in [1.82, 2.24) is 0 Å². The first-order valence-electron chi connectivity index (χ1n) is 8.02. The van der Waals surface area contributed by atoms with E-state index in [1.54, 1.807) is 0 Å². The molecule has 3 atom stereocenters. The molecule has 1 heterocycles. The summed E-state index contributed by atoms with van der Waals surface area (Å²) in [6, 6.07) is 0. The maximum absolute atomic E-state index is 5.67. The Hall–Kier alpha value is -0.300. The summed E-state index contributed by atoms with van der Waals surface area (Å²) in [5.74, 6) is 1.47. The Kier molecular flexibility index (Phi) is 24.2. The molecule has 0 aromatic heterocycles. The highest BCUT2D eigenvalue weighted by atomic mass is 16.5. The van der Waals surface area contributed by atoms with Gasteiger partial charge in [0.2, 0.25) is 0 Å². The van der Waals surface area contributed by atoms with Gasteiger partial charge in [0, 0.05) is 6.61 Å². The lowest BCUT2D eigenvalue weighted by Crippen LogP contribution is -2.14. The number of rotatable bonds is 3. The van der Waals surface area contributed by atoms with E-state index >= 15 is 0 Å². The van der Waals surface area contributed by atoms with Gasteiger partial charge in [-0.05, 0) is 24.7 Å². The SMILES string of the molecule is CC.CC.CC.CCC=CCC1OCC(C)C1C. The molecule has 1 nitrogen and oxygen atoms in total. The van der Waals surface area contributed by atoms with E-state index in [0.29, 0.717) is 6.10 Å². The van der Waals surface area contributed by atoms with Crippen molar-refractivity contribution in [3.8, 4) is 0 Å².